The van der Waals surface area contributed by atoms with Crippen LogP contribution < -0.4 is 0 Å². The normalized spacial score (nSPS) is 9.77. The highest BCUT2D eigenvalue weighted by Crippen LogP contribution is 1.97. The van der Waals surface area contributed by atoms with Crippen molar-refractivity contribution in [3.05, 3.63) is 23.8 Å². The highest BCUT2D eigenvalue weighted by molar-refractivity contribution is 5.89. The quantitative estimate of drug-likeness (QED) is 0.620. The Kier molecular flexibility index (Phi) is 2.92. The molecule has 0 bridgehead atoms. The predicted molar refractivity (Wildman–Crippen MR) is 45.9 cm³/mol. The number of amides is 1. The summed E-state index contributed by atoms with van der Waals surface area (Å²) in [5.41, 5.74) is 0.753. The van der Waals surface area contributed by atoms with Crippen molar-refractivity contribution in [2.75, 3.05) is 14.2 Å². The number of hydroxylamine groups is 2. The van der Waals surface area contributed by atoms with Crippen molar-refractivity contribution in [1.82, 2.24) is 15.0 Å². The highest BCUT2D eigenvalue weighted by Gasteiger charge is 2.13. The van der Waals surface area contributed by atoms with Crippen LogP contribution in [0.15, 0.2) is 12.3 Å². The summed E-state index contributed by atoms with van der Waals surface area (Å²) in [4.78, 5) is 23.9. The number of aryl methyl sites for hydroxylation is 1. The van der Waals surface area contributed by atoms with Crippen LogP contribution in [0.4, 0.5) is 0 Å². The molecule has 1 aromatic rings. The van der Waals surface area contributed by atoms with E-state index in [9.17, 15) is 4.79 Å². The molecule has 0 aromatic carbocycles. The van der Waals surface area contributed by atoms with Crippen LogP contribution in [0.1, 0.15) is 16.3 Å². The lowest BCUT2D eigenvalue weighted by molar-refractivity contribution is -0.0764. The summed E-state index contributed by atoms with van der Waals surface area (Å²) < 4.78 is 0. The van der Waals surface area contributed by atoms with E-state index in [4.69, 9.17) is 4.84 Å². The Balaban J connectivity index is 2.89. The third-order valence-electron chi connectivity index (χ3n) is 1.55. The fraction of sp³-hybridized carbons (Fsp3) is 0.375. The molecule has 0 saturated carbocycles. The molecule has 0 aliphatic carbocycles. The first kappa shape index (κ1) is 9.60. The number of nitrogens with zero attached hydrogens (tertiary/aromatic N) is 3. The Morgan fingerprint density at radius 1 is 1.62 bits per heavy atom. The first-order valence-electron chi connectivity index (χ1n) is 3.77. The summed E-state index contributed by atoms with van der Waals surface area (Å²) in [7, 11) is 2.92. The smallest absolute Gasteiger partial charge is 0.274 e. The molecule has 0 unspecified atom stereocenters. The minimum Gasteiger partial charge on any atom is -0.274 e. The lowest BCUT2D eigenvalue weighted by Crippen LogP contribution is -2.27. The molecule has 0 aliphatic heterocycles. The van der Waals surface area contributed by atoms with Gasteiger partial charge in [-0.3, -0.25) is 9.63 Å². The van der Waals surface area contributed by atoms with Gasteiger partial charge in [0, 0.05) is 18.9 Å². The molecule has 0 radical (unpaired) electrons. The van der Waals surface area contributed by atoms with Crippen molar-refractivity contribution in [1.29, 1.82) is 0 Å². The summed E-state index contributed by atoms with van der Waals surface area (Å²) >= 11 is 0. The van der Waals surface area contributed by atoms with E-state index in [1.54, 1.807) is 19.2 Å². The van der Waals surface area contributed by atoms with Crippen LogP contribution in [0, 0.1) is 6.92 Å². The van der Waals surface area contributed by atoms with Gasteiger partial charge < -0.3 is 0 Å². The van der Waals surface area contributed by atoms with E-state index < -0.39 is 0 Å². The molecule has 1 aromatic heterocycles. The van der Waals surface area contributed by atoms with Gasteiger partial charge in [-0.2, -0.15) is 0 Å². The molecule has 5 heteroatoms. The summed E-state index contributed by atoms with van der Waals surface area (Å²) in [6.45, 7) is 1.80. The molecule has 0 N–H and O–H groups in total. The number of aromatic nitrogens is 2. The van der Waals surface area contributed by atoms with Gasteiger partial charge in [-0.1, -0.05) is 0 Å². The van der Waals surface area contributed by atoms with Crippen molar-refractivity contribution in [3.63, 3.8) is 0 Å². The molecule has 1 amide bonds. The molecule has 5 nitrogen and oxygen atoms in total. The second kappa shape index (κ2) is 3.95. The predicted octanol–water partition coefficient (Wildman–Crippen LogP) is 0.418. The van der Waals surface area contributed by atoms with E-state index in [1.807, 2.05) is 0 Å². The number of carbonyl (C=O) groups excluding carboxylic acids is 1. The molecule has 1 heterocycles. The Labute approximate surface area is 76.3 Å². The Hall–Kier alpha value is -1.49. The molecule has 0 saturated heterocycles. The number of hydrogen-bond acceptors (Lipinski definition) is 4. The Morgan fingerprint density at radius 2 is 2.31 bits per heavy atom. The maximum atomic E-state index is 11.4. The minimum atomic E-state index is -0.355. The average Bonchev–Trinajstić information content (AvgIpc) is 2.15. The topological polar surface area (TPSA) is 55.3 Å². The lowest BCUT2D eigenvalue weighted by atomic mass is 10.4. The molecular weight excluding hydrogens is 170 g/mol. The van der Waals surface area contributed by atoms with Crippen LogP contribution >= 0.6 is 0 Å². The van der Waals surface area contributed by atoms with Crippen LogP contribution in [0.2, 0.25) is 0 Å². The van der Waals surface area contributed by atoms with Gasteiger partial charge >= 0.3 is 5.91 Å². The van der Waals surface area contributed by atoms with Gasteiger partial charge in [0.1, 0.15) is 0 Å². The van der Waals surface area contributed by atoms with Gasteiger partial charge in [-0.15, -0.1) is 0 Å². The van der Waals surface area contributed by atoms with Crippen LogP contribution in [0.5, 0.6) is 0 Å². The van der Waals surface area contributed by atoms with E-state index in [0.29, 0.717) is 0 Å². The molecule has 13 heavy (non-hydrogen) atoms. The molecule has 0 atom stereocenters. The number of hydrogen-bond donors (Lipinski definition) is 0. The first-order valence-corrected chi connectivity index (χ1v) is 3.77. The zero-order valence-corrected chi connectivity index (χ0v) is 7.81. The van der Waals surface area contributed by atoms with E-state index in [2.05, 4.69) is 9.97 Å². The third-order valence-corrected chi connectivity index (χ3v) is 1.55. The highest BCUT2D eigenvalue weighted by atomic mass is 16.7. The Bertz CT molecular complexity index is 314. The van der Waals surface area contributed by atoms with Crippen molar-refractivity contribution >= 4 is 5.91 Å². The van der Waals surface area contributed by atoms with E-state index in [0.717, 1.165) is 10.8 Å². The molecular formula is C8H11N3O2. The summed E-state index contributed by atoms with van der Waals surface area (Å²) in [6.07, 6.45) is 1.54. The number of rotatable bonds is 2. The second-order valence-corrected chi connectivity index (χ2v) is 2.51. The largest absolute Gasteiger partial charge is 0.314 e. The molecule has 0 fully saturated rings. The van der Waals surface area contributed by atoms with E-state index in [1.165, 1.54) is 14.2 Å². The van der Waals surface area contributed by atoms with Crippen LogP contribution in [-0.2, 0) is 4.84 Å². The zero-order valence-electron chi connectivity index (χ0n) is 7.81. The van der Waals surface area contributed by atoms with Crippen LogP contribution in [0.3, 0.4) is 0 Å². The lowest BCUT2D eigenvalue weighted by Gasteiger charge is -2.11. The summed E-state index contributed by atoms with van der Waals surface area (Å²) in [6, 6.07) is 1.73. The van der Waals surface area contributed by atoms with Gasteiger partial charge in [-0.05, 0) is 13.0 Å². The first-order chi connectivity index (χ1) is 6.15. The zero-order chi connectivity index (χ0) is 9.84. The molecule has 70 valence electrons. The maximum absolute atomic E-state index is 11.4. The maximum Gasteiger partial charge on any atom is 0.314 e. The average molecular weight is 181 g/mol. The van der Waals surface area contributed by atoms with Crippen LogP contribution in [0.25, 0.3) is 0 Å². The van der Waals surface area contributed by atoms with Crippen molar-refractivity contribution in [2.24, 2.45) is 0 Å². The van der Waals surface area contributed by atoms with Gasteiger partial charge in [0.2, 0.25) is 5.82 Å². The van der Waals surface area contributed by atoms with Crippen molar-refractivity contribution in [3.8, 4) is 0 Å². The van der Waals surface area contributed by atoms with Gasteiger partial charge in [0.15, 0.2) is 0 Å². The summed E-state index contributed by atoms with van der Waals surface area (Å²) in [5, 5.41) is 1.08. The van der Waals surface area contributed by atoms with Gasteiger partial charge in [0.25, 0.3) is 0 Å². The second-order valence-electron chi connectivity index (χ2n) is 2.51. The Morgan fingerprint density at radius 3 is 2.85 bits per heavy atom. The fourth-order valence-electron chi connectivity index (χ4n) is 0.776. The van der Waals surface area contributed by atoms with E-state index >= 15 is 0 Å². The van der Waals surface area contributed by atoms with E-state index in [-0.39, 0.29) is 11.7 Å². The van der Waals surface area contributed by atoms with Crippen molar-refractivity contribution < 1.29 is 9.63 Å². The monoisotopic (exact) mass is 181 g/mol. The third kappa shape index (κ3) is 2.22. The molecule has 0 aliphatic rings. The summed E-state index contributed by atoms with van der Waals surface area (Å²) in [5.74, 6) is -0.212. The van der Waals surface area contributed by atoms with Crippen LogP contribution in [-0.4, -0.2) is 35.1 Å². The number of carbonyl (C=O) groups is 1. The van der Waals surface area contributed by atoms with Gasteiger partial charge in [0.05, 0.1) is 7.11 Å². The fourth-order valence-corrected chi connectivity index (χ4v) is 0.776. The SMILES string of the molecule is CON(C)C(=O)c1nccc(C)n1. The standard InChI is InChI=1S/C8H11N3O2/c1-6-4-5-9-7(10-6)8(12)11(2)13-3/h4-5H,1-3H3. The minimum absolute atomic E-state index is 0.143. The van der Waals surface area contributed by atoms with Gasteiger partial charge in [-0.25, -0.2) is 15.0 Å². The van der Waals surface area contributed by atoms with Crippen molar-refractivity contribution in [2.45, 2.75) is 6.92 Å². The molecule has 0 spiro atoms. The molecule has 1 rings (SSSR count).